The maximum absolute atomic E-state index is 13.1. The van der Waals surface area contributed by atoms with E-state index in [4.69, 9.17) is 9.47 Å². The van der Waals surface area contributed by atoms with Crippen LogP contribution in [0.4, 0.5) is 0 Å². The Hall–Kier alpha value is -1.89. The molecule has 4 bridgehead atoms. The van der Waals surface area contributed by atoms with Gasteiger partial charge in [-0.2, -0.15) is 0 Å². The molecule has 2 atom stereocenters. The zero-order chi connectivity index (χ0) is 20.8. The average molecular weight is 429 g/mol. The van der Waals surface area contributed by atoms with Crippen molar-refractivity contribution in [1.82, 2.24) is 9.80 Å². The predicted molar refractivity (Wildman–Crippen MR) is 120 cm³/mol. The van der Waals surface area contributed by atoms with Gasteiger partial charge in [0.15, 0.2) is 0 Å². The number of thiophene rings is 1. The van der Waals surface area contributed by atoms with Crippen LogP contribution >= 0.6 is 11.3 Å². The monoisotopic (exact) mass is 428 g/mol. The van der Waals surface area contributed by atoms with E-state index in [2.05, 4.69) is 22.4 Å². The molecule has 1 aromatic carbocycles. The lowest BCUT2D eigenvalue weighted by atomic mass is 9.89. The molecular formula is C24H32N2O3S. The lowest BCUT2D eigenvalue weighted by Gasteiger charge is -2.38. The molecular weight excluding hydrogens is 396 g/mol. The number of carbonyl (C=O) groups excluding carboxylic acids is 1. The molecule has 1 saturated heterocycles. The fourth-order valence-corrected chi connectivity index (χ4v) is 5.36. The van der Waals surface area contributed by atoms with E-state index in [1.54, 1.807) is 7.11 Å². The average Bonchev–Trinajstić information content (AvgIpc) is 3.28. The molecule has 3 heterocycles. The number of amides is 1. The largest absolute Gasteiger partial charge is 0.492 e. The van der Waals surface area contributed by atoms with Crippen LogP contribution in [0.25, 0.3) is 0 Å². The summed E-state index contributed by atoms with van der Waals surface area (Å²) in [6.07, 6.45) is 4.57. The first-order valence-corrected chi connectivity index (χ1v) is 11.9. The van der Waals surface area contributed by atoms with Crippen molar-refractivity contribution in [2.24, 2.45) is 5.92 Å². The van der Waals surface area contributed by atoms with Crippen LogP contribution in [0.3, 0.4) is 0 Å². The van der Waals surface area contributed by atoms with Gasteiger partial charge in [0, 0.05) is 49.6 Å². The van der Waals surface area contributed by atoms with Crippen LogP contribution in [0.5, 0.6) is 5.75 Å². The maximum Gasteiger partial charge on any atom is 0.254 e. The third-order valence-corrected chi connectivity index (χ3v) is 7.13. The highest BCUT2D eigenvalue weighted by Crippen LogP contribution is 2.27. The van der Waals surface area contributed by atoms with E-state index < -0.39 is 0 Å². The number of piperidine rings is 1. The summed E-state index contributed by atoms with van der Waals surface area (Å²) in [6, 6.07) is 12.0. The van der Waals surface area contributed by atoms with Gasteiger partial charge in [-0.1, -0.05) is 18.6 Å². The van der Waals surface area contributed by atoms with E-state index in [0.717, 1.165) is 64.2 Å². The number of fused-ring (bicyclic) bond motifs is 4. The topological polar surface area (TPSA) is 42.0 Å². The van der Waals surface area contributed by atoms with Crippen molar-refractivity contribution in [3.05, 3.63) is 52.2 Å². The molecule has 1 fully saturated rings. The Bertz CT molecular complexity index is 811. The van der Waals surface area contributed by atoms with Gasteiger partial charge < -0.3 is 14.4 Å². The molecule has 6 heteroatoms. The zero-order valence-electron chi connectivity index (χ0n) is 17.8. The van der Waals surface area contributed by atoms with Gasteiger partial charge >= 0.3 is 0 Å². The molecule has 4 rings (SSSR count). The van der Waals surface area contributed by atoms with Gasteiger partial charge in [-0.25, -0.2) is 0 Å². The summed E-state index contributed by atoms with van der Waals surface area (Å²) in [5.41, 5.74) is 0.715. The summed E-state index contributed by atoms with van der Waals surface area (Å²) in [6.45, 7) is 5.08. The van der Waals surface area contributed by atoms with Gasteiger partial charge in [0.2, 0.25) is 0 Å². The Morgan fingerprint density at radius 1 is 1.13 bits per heavy atom. The van der Waals surface area contributed by atoms with Crippen LogP contribution in [0.1, 0.15) is 40.9 Å². The standard InChI is InChI=1S/C24H32N2O3S/c1-28-23-10-12-26-17-20(23)6-2-3-11-25(18-22-9-5-15-30-22)13-14-29-21-8-4-7-19(16-21)24(26)27/h4-5,7-9,15-16,20,23H,2-3,6,10-14,17-18H2,1H3/t20-,23+/m0/s1. The smallest absolute Gasteiger partial charge is 0.254 e. The normalized spacial score (nSPS) is 24.0. The van der Waals surface area contributed by atoms with E-state index in [1.807, 2.05) is 40.5 Å². The molecule has 0 saturated carbocycles. The first-order valence-electron chi connectivity index (χ1n) is 11.0. The minimum atomic E-state index is 0.106. The predicted octanol–water partition coefficient (Wildman–Crippen LogP) is 4.29. The Labute approximate surface area is 183 Å². The maximum atomic E-state index is 13.1. The van der Waals surface area contributed by atoms with Crippen molar-refractivity contribution in [3.63, 3.8) is 0 Å². The van der Waals surface area contributed by atoms with E-state index in [0.29, 0.717) is 18.1 Å². The highest BCUT2D eigenvalue weighted by molar-refractivity contribution is 7.09. The minimum Gasteiger partial charge on any atom is -0.492 e. The Morgan fingerprint density at radius 2 is 2.07 bits per heavy atom. The molecule has 0 spiro atoms. The second-order valence-electron chi connectivity index (χ2n) is 8.30. The number of hydrogen-bond donors (Lipinski definition) is 0. The molecule has 2 aliphatic rings. The van der Waals surface area contributed by atoms with Crippen LogP contribution in [-0.4, -0.2) is 61.7 Å². The van der Waals surface area contributed by atoms with Crippen LogP contribution in [0, 0.1) is 5.92 Å². The van der Waals surface area contributed by atoms with Crippen LogP contribution in [0.15, 0.2) is 41.8 Å². The summed E-state index contributed by atoms with van der Waals surface area (Å²) >= 11 is 1.81. The number of hydrogen-bond acceptors (Lipinski definition) is 5. The number of ether oxygens (including phenoxy) is 2. The van der Waals surface area contributed by atoms with Gasteiger partial charge in [0.05, 0.1) is 6.10 Å². The van der Waals surface area contributed by atoms with Gasteiger partial charge in [0.1, 0.15) is 12.4 Å². The highest BCUT2D eigenvalue weighted by Gasteiger charge is 2.31. The third kappa shape index (κ3) is 5.42. The number of methoxy groups -OCH3 is 1. The van der Waals surface area contributed by atoms with Gasteiger partial charge in [-0.15, -0.1) is 11.3 Å². The zero-order valence-corrected chi connectivity index (χ0v) is 18.6. The summed E-state index contributed by atoms with van der Waals surface area (Å²) in [5.74, 6) is 1.28. The quantitative estimate of drug-likeness (QED) is 0.731. The van der Waals surface area contributed by atoms with Crippen LogP contribution in [0.2, 0.25) is 0 Å². The summed E-state index contributed by atoms with van der Waals surface area (Å²) in [4.78, 5) is 19.0. The molecule has 1 aromatic heterocycles. The molecule has 0 aliphatic carbocycles. The molecule has 5 nitrogen and oxygen atoms in total. The number of benzene rings is 1. The first-order chi connectivity index (χ1) is 14.7. The molecule has 0 radical (unpaired) electrons. The SMILES string of the molecule is CO[C@@H]1CCN2C[C@@H]1CCCCN(Cc1cccs1)CCOc1cccc(c1)C2=O. The number of rotatable bonds is 3. The molecule has 2 aromatic rings. The van der Waals surface area contributed by atoms with Crippen molar-refractivity contribution >= 4 is 17.2 Å². The molecule has 0 unspecified atom stereocenters. The lowest BCUT2D eigenvalue weighted by molar-refractivity contribution is -0.00676. The van der Waals surface area contributed by atoms with Crippen molar-refractivity contribution in [3.8, 4) is 5.75 Å². The van der Waals surface area contributed by atoms with Gasteiger partial charge in [0.25, 0.3) is 5.91 Å². The molecule has 30 heavy (non-hydrogen) atoms. The number of carbonyl (C=O) groups is 1. The van der Waals surface area contributed by atoms with Crippen molar-refractivity contribution in [1.29, 1.82) is 0 Å². The fraction of sp³-hybridized carbons (Fsp3) is 0.542. The van der Waals surface area contributed by atoms with Crippen LogP contribution < -0.4 is 4.74 Å². The van der Waals surface area contributed by atoms with Crippen molar-refractivity contribution in [2.45, 2.75) is 38.3 Å². The van der Waals surface area contributed by atoms with Crippen molar-refractivity contribution in [2.75, 3.05) is 39.9 Å². The second-order valence-corrected chi connectivity index (χ2v) is 9.33. The lowest BCUT2D eigenvalue weighted by Crippen LogP contribution is -2.46. The van der Waals surface area contributed by atoms with Crippen LogP contribution in [-0.2, 0) is 11.3 Å². The Balaban J connectivity index is 1.50. The Morgan fingerprint density at radius 3 is 2.90 bits per heavy atom. The Kier molecular flexibility index (Phi) is 7.42. The highest BCUT2D eigenvalue weighted by atomic mass is 32.1. The van der Waals surface area contributed by atoms with E-state index in [-0.39, 0.29) is 12.0 Å². The minimum absolute atomic E-state index is 0.106. The summed E-state index contributed by atoms with van der Waals surface area (Å²) in [5, 5.41) is 2.14. The first kappa shape index (κ1) is 21.3. The van der Waals surface area contributed by atoms with Gasteiger partial charge in [-0.05, 0) is 55.5 Å². The third-order valence-electron chi connectivity index (χ3n) is 6.27. The van der Waals surface area contributed by atoms with E-state index in [1.165, 1.54) is 4.88 Å². The summed E-state index contributed by atoms with van der Waals surface area (Å²) < 4.78 is 11.8. The fourth-order valence-electron chi connectivity index (χ4n) is 4.61. The number of nitrogens with zero attached hydrogens (tertiary/aromatic N) is 2. The van der Waals surface area contributed by atoms with Crippen molar-refractivity contribution < 1.29 is 14.3 Å². The van der Waals surface area contributed by atoms with E-state index >= 15 is 0 Å². The molecule has 0 N–H and O–H groups in total. The van der Waals surface area contributed by atoms with Gasteiger partial charge in [-0.3, -0.25) is 9.69 Å². The summed E-state index contributed by atoms with van der Waals surface area (Å²) in [7, 11) is 1.81. The molecule has 162 valence electrons. The van der Waals surface area contributed by atoms with E-state index in [9.17, 15) is 4.79 Å². The second kappa shape index (κ2) is 10.4. The molecule has 2 aliphatic heterocycles. The molecule has 1 amide bonds.